The molecule has 0 saturated heterocycles. The van der Waals surface area contributed by atoms with Gasteiger partial charge in [0.1, 0.15) is 5.75 Å². The Morgan fingerprint density at radius 2 is 1.90 bits per heavy atom. The van der Waals surface area contributed by atoms with E-state index in [1.54, 1.807) is 11.9 Å². The largest absolute Gasteiger partial charge is 0.573 e. The van der Waals surface area contributed by atoms with Crippen molar-refractivity contribution < 1.29 is 22.7 Å². The first-order chi connectivity index (χ1) is 9.81. The molecule has 0 spiro atoms. The Bertz CT molecular complexity index is 447. The summed E-state index contributed by atoms with van der Waals surface area (Å²) in [6.45, 7) is 1.33. The van der Waals surface area contributed by atoms with Gasteiger partial charge in [0.2, 0.25) is 5.91 Å². The molecule has 0 unspecified atom stereocenters. The number of carbonyl (C=O) groups is 1. The van der Waals surface area contributed by atoms with Crippen molar-refractivity contribution in [2.45, 2.75) is 19.2 Å². The van der Waals surface area contributed by atoms with E-state index in [1.807, 2.05) is 7.05 Å². The minimum atomic E-state index is -4.69. The molecule has 0 aliphatic heterocycles. The topological polar surface area (TPSA) is 41.6 Å². The molecule has 21 heavy (non-hydrogen) atoms. The fraction of sp³-hybridized carbons (Fsp3) is 0.500. The van der Waals surface area contributed by atoms with E-state index < -0.39 is 6.36 Å². The summed E-state index contributed by atoms with van der Waals surface area (Å²) < 4.78 is 39.8. The van der Waals surface area contributed by atoms with Crippen LogP contribution in [0.15, 0.2) is 24.3 Å². The van der Waals surface area contributed by atoms with Crippen molar-refractivity contribution in [3.63, 3.8) is 0 Å². The van der Waals surface area contributed by atoms with Crippen LogP contribution >= 0.6 is 0 Å². The van der Waals surface area contributed by atoms with Crippen LogP contribution in [0.4, 0.5) is 13.2 Å². The number of nitrogens with one attached hydrogen (secondary N) is 1. The Hall–Kier alpha value is -1.76. The van der Waals surface area contributed by atoms with Crippen LogP contribution in [0.5, 0.6) is 5.75 Å². The third-order valence-electron chi connectivity index (χ3n) is 2.91. The zero-order chi connectivity index (χ0) is 15.9. The number of carbonyl (C=O) groups excluding carboxylic acids is 1. The lowest BCUT2D eigenvalue weighted by Crippen LogP contribution is -2.32. The molecule has 0 atom stereocenters. The van der Waals surface area contributed by atoms with E-state index in [0.29, 0.717) is 25.9 Å². The van der Waals surface area contributed by atoms with Crippen LogP contribution in [0.2, 0.25) is 0 Å². The number of hydrogen-bond acceptors (Lipinski definition) is 3. The predicted molar refractivity (Wildman–Crippen MR) is 73.0 cm³/mol. The highest BCUT2D eigenvalue weighted by Crippen LogP contribution is 2.23. The minimum Gasteiger partial charge on any atom is -0.406 e. The van der Waals surface area contributed by atoms with Crippen LogP contribution in [0.1, 0.15) is 12.0 Å². The van der Waals surface area contributed by atoms with Crippen LogP contribution in [-0.2, 0) is 11.2 Å². The van der Waals surface area contributed by atoms with Gasteiger partial charge in [0.05, 0.1) is 0 Å². The van der Waals surface area contributed by atoms with Crippen LogP contribution in [0.3, 0.4) is 0 Å². The van der Waals surface area contributed by atoms with E-state index in [2.05, 4.69) is 10.1 Å². The van der Waals surface area contributed by atoms with Crippen molar-refractivity contribution in [2.75, 3.05) is 27.2 Å². The Morgan fingerprint density at radius 3 is 2.43 bits per heavy atom. The number of ether oxygens (including phenoxy) is 1. The standard InChI is InChI=1S/C14H19F3N2O2/c1-18-9-10-19(2)13(20)8-5-11-3-6-12(7-4-11)21-14(15,16)17/h3-4,6-7,18H,5,8-10H2,1-2H3. The van der Waals surface area contributed by atoms with E-state index >= 15 is 0 Å². The average Bonchev–Trinajstić information content (AvgIpc) is 2.42. The van der Waals surface area contributed by atoms with Crippen molar-refractivity contribution >= 4 is 5.91 Å². The van der Waals surface area contributed by atoms with Crippen LogP contribution < -0.4 is 10.1 Å². The maximum Gasteiger partial charge on any atom is 0.573 e. The highest BCUT2D eigenvalue weighted by molar-refractivity contribution is 5.76. The van der Waals surface area contributed by atoms with Gasteiger partial charge in [0.15, 0.2) is 0 Å². The molecule has 1 aromatic carbocycles. The van der Waals surface area contributed by atoms with E-state index in [-0.39, 0.29) is 11.7 Å². The van der Waals surface area contributed by atoms with Crippen LogP contribution in [0, 0.1) is 0 Å². The zero-order valence-corrected chi connectivity index (χ0v) is 12.0. The van der Waals surface area contributed by atoms with Gasteiger partial charge in [0, 0.05) is 26.6 Å². The third kappa shape index (κ3) is 6.99. The molecule has 0 bridgehead atoms. The molecule has 0 radical (unpaired) electrons. The van der Waals surface area contributed by atoms with Crippen molar-refractivity contribution in [3.05, 3.63) is 29.8 Å². The molecule has 0 aromatic heterocycles. The molecule has 1 N–H and O–H groups in total. The fourth-order valence-electron chi connectivity index (χ4n) is 1.70. The first-order valence-electron chi connectivity index (χ1n) is 6.55. The lowest BCUT2D eigenvalue weighted by molar-refractivity contribution is -0.274. The second-order valence-electron chi connectivity index (χ2n) is 4.61. The normalized spacial score (nSPS) is 11.3. The molecular formula is C14H19F3N2O2. The number of aryl methyl sites for hydroxylation is 1. The Morgan fingerprint density at radius 1 is 1.29 bits per heavy atom. The van der Waals surface area contributed by atoms with Crippen molar-refractivity contribution in [3.8, 4) is 5.75 Å². The number of benzene rings is 1. The maximum atomic E-state index is 12.0. The molecule has 1 rings (SSSR count). The Kier molecular flexibility index (Phi) is 6.48. The molecule has 7 heteroatoms. The van der Waals surface area contributed by atoms with Gasteiger partial charge in [-0.2, -0.15) is 0 Å². The summed E-state index contributed by atoms with van der Waals surface area (Å²) in [6, 6.07) is 5.56. The quantitative estimate of drug-likeness (QED) is 0.839. The maximum absolute atomic E-state index is 12.0. The molecule has 1 aromatic rings. The van der Waals surface area contributed by atoms with E-state index in [1.165, 1.54) is 24.3 Å². The summed E-state index contributed by atoms with van der Waals surface area (Å²) >= 11 is 0. The molecule has 1 amide bonds. The number of likely N-dealkylation sites (N-methyl/N-ethyl adjacent to an activating group) is 2. The van der Waals surface area contributed by atoms with Crippen LogP contribution in [-0.4, -0.2) is 44.4 Å². The minimum absolute atomic E-state index is 0.000804. The SMILES string of the molecule is CNCCN(C)C(=O)CCc1ccc(OC(F)(F)F)cc1. The Balaban J connectivity index is 2.44. The van der Waals surface area contributed by atoms with E-state index in [4.69, 9.17) is 0 Å². The first-order valence-corrected chi connectivity index (χ1v) is 6.55. The highest BCUT2D eigenvalue weighted by atomic mass is 19.4. The van der Waals surface area contributed by atoms with Gasteiger partial charge in [-0.25, -0.2) is 0 Å². The van der Waals surface area contributed by atoms with Gasteiger partial charge in [-0.3, -0.25) is 4.79 Å². The number of amides is 1. The first kappa shape index (κ1) is 17.3. The Labute approximate surface area is 121 Å². The molecule has 4 nitrogen and oxygen atoms in total. The zero-order valence-electron chi connectivity index (χ0n) is 12.0. The number of nitrogens with zero attached hydrogens (tertiary/aromatic N) is 1. The van der Waals surface area contributed by atoms with Crippen LogP contribution in [0.25, 0.3) is 0 Å². The molecule has 118 valence electrons. The number of rotatable bonds is 7. The average molecular weight is 304 g/mol. The number of hydrogen-bond donors (Lipinski definition) is 1. The molecular weight excluding hydrogens is 285 g/mol. The third-order valence-corrected chi connectivity index (χ3v) is 2.91. The van der Waals surface area contributed by atoms with Gasteiger partial charge in [0.25, 0.3) is 0 Å². The van der Waals surface area contributed by atoms with Gasteiger partial charge < -0.3 is 15.0 Å². The van der Waals surface area contributed by atoms with Crippen molar-refractivity contribution in [2.24, 2.45) is 0 Å². The van der Waals surface area contributed by atoms with Gasteiger partial charge >= 0.3 is 6.36 Å². The summed E-state index contributed by atoms with van der Waals surface area (Å²) in [5.74, 6) is -0.260. The van der Waals surface area contributed by atoms with Gasteiger partial charge in [-0.15, -0.1) is 13.2 Å². The van der Waals surface area contributed by atoms with Crippen molar-refractivity contribution in [1.29, 1.82) is 0 Å². The summed E-state index contributed by atoms with van der Waals surface area (Å²) in [4.78, 5) is 13.4. The summed E-state index contributed by atoms with van der Waals surface area (Å²) in [5.41, 5.74) is 0.792. The molecule has 0 fully saturated rings. The monoisotopic (exact) mass is 304 g/mol. The van der Waals surface area contributed by atoms with Crippen molar-refractivity contribution in [1.82, 2.24) is 10.2 Å². The van der Waals surface area contributed by atoms with E-state index in [9.17, 15) is 18.0 Å². The second kappa shape index (κ2) is 7.87. The lowest BCUT2D eigenvalue weighted by Gasteiger charge is -2.16. The summed E-state index contributed by atoms with van der Waals surface area (Å²) in [5, 5.41) is 2.95. The molecule has 0 aliphatic rings. The second-order valence-corrected chi connectivity index (χ2v) is 4.61. The van der Waals surface area contributed by atoms with Gasteiger partial charge in [-0.05, 0) is 31.2 Å². The van der Waals surface area contributed by atoms with E-state index in [0.717, 1.165) is 5.56 Å². The molecule has 0 aliphatic carbocycles. The smallest absolute Gasteiger partial charge is 0.406 e. The molecule has 0 heterocycles. The van der Waals surface area contributed by atoms with Gasteiger partial charge in [-0.1, -0.05) is 12.1 Å². The number of halogens is 3. The highest BCUT2D eigenvalue weighted by Gasteiger charge is 2.30. The molecule has 0 saturated carbocycles. The number of alkyl halides is 3. The summed E-state index contributed by atoms with van der Waals surface area (Å²) in [6.07, 6.45) is -3.89. The lowest BCUT2D eigenvalue weighted by atomic mass is 10.1. The summed E-state index contributed by atoms with van der Waals surface area (Å²) in [7, 11) is 3.53. The predicted octanol–water partition coefficient (Wildman–Crippen LogP) is 2.20. The fourth-order valence-corrected chi connectivity index (χ4v) is 1.70.